The summed E-state index contributed by atoms with van der Waals surface area (Å²) in [4.78, 5) is 36.3. The van der Waals surface area contributed by atoms with E-state index in [4.69, 9.17) is 0 Å². The molecule has 0 bridgehead atoms. The first-order valence-corrected chi connectivity index (χ1v) is 10.8. The van der Waals surface area contributed by atoms with Gasteiger partial charge in [0.2, 0.25) is 5.91 Å². The average molecular weight is 477 g/mol. The van der Waals surface area contributed by atoms with Crippen LogP contribution in [0.15, 0.2) is 36.9 Å². The molecule has 0 fully saturated rings. The van der Waals surface area contributed by atoms with Gasteiger partial charge in [0.05, 0.1) is 11.3 Å². The molecule has 0 aliphatic carbocycles. The zero-order valence-electron chi connectivity index (χ0n) is 19.2. The third kappa shape index (κ3) is 6.24. The van der Waals surface area contributed by atoms with E-state index in [1.54, 1.807) is 38.4 Å². The van der Waals surface area contributed by atoms with Crippen molar-refractivity contribution in [2.75, 3.05) is 11.9 Å². The van der Waals surface area contributed by atoms with Crippen LogP contribution in [-0.2, 0) is 4.79 Å². The van der Waals surface area contributed by atoms with Gasteiger partial charge >= 0.3 is 6.18 Å². The molecule has 0 unspecified atom stereocenters. The number of nitrogens with zero attached hydrogens (tertiary/aromatic N) is 2. The largest absolute Gasteiger partial charge is 0.405 e. The second-order valence-electron chi connectivity index (χ2n) is 8.61. The van der Waals surface area contributed by atoms with Crippen molar-refractivity contribution in [1.29, 1.82) is 0 Å². The minimum absolute atomic E-state index is 0.0249. The highest BCUT2D eigenvalue weighted by atomic mass is 19.4. The van der Waals surface area contributed by atoms with Crippen molar-refractivity contribution in [3.8, 4) is 11.1 Å². The van der Waals surface area contributed by atoms with Gasteiger partial charge in [0.25, 0.3) is 5.91 Å². The lowest BCUT2D eigenvalue weighted by molar-refractivity contribution is -0.139. The normalized spacial score (nSPS) is 12.7. The Labute approximate surface area is 194 Å². The van der Waals surface area contributed by atoms with Crippen molar-refractivity contribution in [2.24, 2.45) is 5.92 Å². The molecular formula is C23H27F3N6O2. The second kappa shape index (κ2) is 10.1. The van der Waals surface area contributed by atoms with Crippen LogP contribution >= 0.6 is 0 Å². The molecule has 3 rings (SSSR count). The number of H-pyrrole nitrogens is 1. The fourth-order valence-corrected chi connectivity index (χ4v) is 3.39. The highest BCUT2D eigenvalue weighted by Crippen LogP contribution is 2.30. The fraction of sp³-hybridized carbons (Fsp3) is 0.391. The van der Waals surface area contributed by atoms with E-state index >= 15 is 0 Å². The Hall–Kier alpha value is -3.63. The van der Waals surface area contributed by atoms with E-state index in [0.717, 1.165) is 5.56 Å². The SMILES string of the molecule is CC(C)NC(=O)c1cnc2[nH]cc(-c3cncc(N[C@@H](C(=O)NCC(F)(F)F)C(C)C)c3)c2c1. The molecule has 3 aromatic heterocycles. The molecule has 11 heteroatoms. The molecule has 0 aliphatic rings. The predicted molar refractivity (Wildman–Crippen MR) is 123 cm³/mol. The van der Waals surface area contributed by atoms with E-state index in [-0.39, 0.29) is 17.9 Å². The average Bonchev–Trinajstić information content (AvgIpc) is 3.18. The van der Waals surface area contributed by atoms with E-state index < -0.39 is 24.7 Å². The van der Waals surface area contributed by atoms with E-state index in [2.05, 4.69) is 25.6 Å². The third-order valence-electron chi connectivity index (χ3n) is 5.00. The molecule has 34 heavy (non-hydrogen) atoms. The Morgan fingerprint density at radius 1 is 1.09 bits per heavy atom. The minimum Gasteiger partial charge on any atom is -0.372 e. The lowest BCUT2D eigenvalue weighted by atomic mass is 10.0. The molecule has 0 aliphatic heterocycles. The number of carbonyl (C=O) groups excluding carboxylic acids is 2. The van der Waals surface area contributed by atoms with Crippen LogP contribution in [0.3, 0.4) is 0 Å². The van der Waals surface area contributed by atoms with E-state index in [1.165, 1.54) is 12.4 Å². The summed E-state index contributed by atoms with van der Waals surface area (Å²) in [6, 6.07) is 2.55. The predicted octanol–water partition coefficient (Wildman–Crippen LogP) is 3.88. The van der Waals surface area contributed by atoms with Crippen LogP contribution in [0, 0.1) is 5.92 Å². The maximum atomic E-state index is 12.5. The highest BCUT2D eigenvalue weighted by molar-refractivity contribution is 6.01. The van der Waals surface area contributed by atoms with E-state index in [0.29, 0.717) is 27.8 Å². The molecule has 0 spiro atoms. The summed E-state index contributed by atoms with van der Waals surface area (Å²) in [5, 5.41) is 8.44. The second-order valence-corrected chi connectivity index (χ2v) is 8.61. The number of anilines is 1. The molecule has 3 heterocycles. The van der Waals surface area contributed by atoms with Crippen LogP contribution in [0.5, 0.6) is 0 Å². The zero-order chi connectivity index (χ0) is 25.0. The van der Waals surface area contributed by atoms with Crippen molar-refractivity contribution in [3.05, 3.63) is 42.5 Å². The first-order valence-electron chi connectivity index (χ1n) is 10.8. The van der Waals surface area contributed by atoms with Gasteiger partial charge in [-0.05, 0) is 31.9 Å². The van der Waals surface area contributed by atoms with Gasteiger partial charge < -0.3 is 20.9 Å². The molecule has 0 saturated heterocycles. The van der Waals surface area contributed by atoms with E-state index in [9.17, 15) is 22.8 Å². The van der Waals surface area contributed by atoms with Crippen molar-refractivity contribution >= 4 is 28.5 Å². The summed E-state index contributed by atoms with van der Waals surface area (Å²) in [7, 11) is 0. The summed E-state index contributed by atoms with van der Waals surface area (Å²) in [5.74, 6) is -1.28. The number of halogens is 3. The number of aromatic nitrogens is 3. The maximum absolute atomic E-state index is 12.5. The standard InChI is InChI=1S/C23H27F3N6O2/c1-12(2)19(22(34)30-11-23(24,25)26)32-16-5-14(7-27-9-16)18-10-29-20-17(18)6-15(8-28-20)21(33)31-13(3)4/h5-10,12-13,19,32H,11H2,1-4H3,(H,28,29)(H,30,34)(H,31,33)/t19-/m1/s1. The van der Waals surface area contributed by atoms with Gasteiger partial charge in [0.15, 0.2) is 0 Å². The molecule has 2 amide bonds. The van der Waals surface area contributed by atoms with Crippen LogP contribution < -0.4 is 16.0 Å². The lowest BCUT2D eigenvalue weighted by Gasteiger charge is -2.23. The molecule has 0 saturated carbocycles. The summed E-state index contributed by atoms with van der Waals surface area (Å²) in [5.41, 5.74) is 2.87. The quantitative estimate of drug-likeness (QED) is 0.394. The number of amides is 2. The number of alkyl halides is 3. The molecule has 182 valence electrons. The lowest BCUT2D eigenvalue weighted by Crippen LogP contribution is -2.46. The van der Waals surface area contributed by atoms with Crippen molar-refractivity contribution < 1.29 is 22.8 Å². The molecule has 4 N–H and O–H groups in total. The summed E-state index contributed by atoms with van der Waals surface area (Å²) in [6.07, 6.45) is 1.84. The Morgan fingerprint density at radius 2 is 1.82 bits per heavy atom. The first kappa shape index (κ1) is 25.0. The van der Waals surface area contributed by atoms with Gasteiger partial charge in [-0.1, -0.05) is 13.8 Å². The Morgan fingerprint density at radius 3 is 2.47 bits per heavy atom. The Kier molecular flexibility index (Phi) is 7.43. The van der Waals surface area contributed by atoms with Gasteiger partial charge in [0, 0.05) is 47.3 Å². The smallest absolute Gasteiger partial charge is 0.372 e. The van der Waals surface area contributed by atoms with Crippen LogP contribution in [0.25, 0.3) is 22.2 Å². The summed E-state index contributed by atoms with van der Waals surface area (Å²) >= 11 is 0. The van der Waals surface area contributed by atoms with Crippen LogP contribution in [0.1, 0.15) is 38.1 Å². The van der Waals surface area contributed by atoms with Crippen molar-refractivity contribution in [1.82, 2.24) is 25.6 Å². The van der Waals surface area contributed by atoms with Crippen LogP contribution in [0.2, 0.25) is 0 Å². The third-order valence-corrected chi connectivity index (χ3v) is 5.00. The van der Waals surface area contributed by atoms with Gasteiger partial charge in [-0.15, -0.1) is 0 Å². The number of hydrogen-bond acceptors (Lipinski definition) is 5. The number of pyridine rings is 2. The molecule has 3 aromatic rings. The van der Waals surface area contributed by atoms with Crippen molar-refractivity contribution in [3.63, 3.8) is 0 Å². The number of aromatic amines is 1. The van der Waals surface area contributed by atoms with Gasteiger partial charge in [-0.3, -0.25) is 14.6 Å². The molecule has 0 aromatic carbocycles. The topological polar surface area (TPSA) is 112 Å². The van der Waals surface area contributed by atoms with Gasteiger partial charge in [-0.25, -0.2) is 4.98 Å². The molecular weight excluding hydrogens is 449 g/mol. The number of rotatable bonds is 8. The fourth-order valence-electron chi connectivity index (χ4n) is 3.39. The van der Waals surface area contributed by atoms with Crippen LogP contribution in [-0.4, -0.2) is 51.6 Å². The molecule has 0 radical (unpaired) electrons. The van der Waals surface area contributed by atoms with Gasteiger partial charge in [0.1, 0.15) is 18.2 Å². The summed E-state index contributed by atoms with van der Waals surface area (Å²) in [6.45, 7) is 5.80. The Balaban J connectivity index is 1.87. The molecule has 8 nitrogen and oxygen atoms in total. The van der Waals surface area contributed by atoms with Gasteiger partial charge in [-0.2, -0.15) is 13.2 Å². The van der Waals surface area contributed by atoms with Crippen molar-refractivity contribution in [2.45, 2.75) is 46.0 Å². The first-order chi connectivity index (χ1) is 15.9. The number of fused-ring (bicyclic) bond motifs is 1. The molecule has 1 atom stereocenters. The zero-order valence-corrected chi connectivity index (χ0v) is 19.2. The number of carbonyl (C=O) groups is 2. The monoisotopic (exact) mass is 476 g/mol. The number of hydrogen-bond donors (Lipinski definition) is 4. The minimum atomic E-state index is -4.49. The van der Waals surface area contributed by atoms with Crippen LogP contribution in [0.4, 0.5) is 18.9 Å². The number of nitrogens with one attached hydrogen (secondary N) is 4. The maximum Gasteiger partial charge on any atom is 0.405 e. The van der Waals surface area contributed by atoms with E-state index in [1.807, 2.05) is 19.2 Å². The Bertz CT molecular complexity index is 1170. The summed E-state index contributed by atoms with van der Waals surface area (Å²) < 4.78 is 37.5. The highest BCUT2D eigenvalue weighted by Gasteiger charge is 2.30.